The van der Waals surface area contributed by atoms with Crippen molar-refractivity contribution in [1.29, 1.82) is 0 Å². The second-order valence-electron chi connectivity index (χ2n) is 5.23. The van der Waals surface area contributed by atoms with Gasteiger partial charge in [-0.15, -0.1) is 0 Å². The van der Waals surface area contributed by atoms with Gasteiger partial charge in [0.25, 0.3) is 0 Å². The molecule has 0 aromatic carbocycles. The number of aliphatic hydroxyl groups is 1. The fourth-order valence-electron chi connectivity index (χ4n) is 2.33. The number of hydrogen-bond acceptors (Lipinski definition) is 5. The Balaban J connectivity index is 2.24. The van der Waals surface area contributed by atoms with Crippen molar-refractivity contribution in [1.82, 2.24) is 9.29 Å². The Bertz CT molecular complexity index is 558. The first-order chi connectivity index (χ1) is 10.1. The fourth-order valence-corrected chi connectivity index (χ4v) is 4.02. The van der Waals surface area contributed by atoms with Gasteiger partial charge in [0.2, 0.25) is 10.0 Å². The first-order valence-electron chi connectivity index (χ1n) is 7.42. The molecule has 0 unspecified atom stereocenters. The van der Waals surface area contributed by atoms with Crippen LogP contribution in [0.5, 0.6) is 0 Å². The van der Waals surface area contributed by atoms with E-state index < -0.39 is 10.0 Å². The van der Waals surface area contributed by atoms with Gasteiger partial charge >= 0.3 is 0 Å². The highest BCUT2D eigenvalue weighted by molar-refractivity contribution is 7.89. The molecular weight excluding hydrogens is 290 g/mol. The van der Waals surface area contributed by atoms with E-state index >= 15 is 0 Å². The maximum absolute atomic E-state index is 12.7. The zero-order valence-corrected chi connectivity index (χ0v) is 13.1. The van der Waals surface area contributed by atoms with E-state index in [1.165, 1.54) is 16.6 Å². The number of aromatic nitrogens is 1. The average molecular weight is 313 g/mol. The first-order valence-corrected chi connectivity index (χ1v) is 8.86. The van der Waals surface area contributed by atoms with Gasteiger partial charge in [-0.1, -0.05) is 13.3 Å². The van der Waals surface area contributed by atoms with Crippen molar-refractivity contribution < 1.29 is 13.5 Å². The van der Waals surface area contributed by atoms with Crippen molar-refractivity contribution >= 4 is 15.8 Å². The number of hydrogen-bond donors (Lipinski definition) is 2. The molecule has 1 fully saturated rings. The summed E-state index contributed by atoms with van der Waals surface area (Å²) in [4.78, 5) is 4.36. The zero-order chi connectivity index (χ0) is 15.3. The highest BCUT2D eigenvalue weighted by atomic mass is 32.2. The Morgan fingerprint density at radius 1 is 1.48 bits per heavy atom. The molecule has 0 amide bonds. The summed E-state index contributed by atoms with van der Waals surface area (Å²) in [7, 11) is -3.58. The number of nitrogens with zero attached hydrogens (tertiary/aromatic N) is 2. The molecule has 1 aromatic heterocycles. The van der Waals surface area contributed by atoms with Crippen molar-refractivity contribution in [2.75, 3.05) is 25.0 Å². The molecule has 1 heterocycles. The van der Waals surface area contributed by atoms with E-state index in [1.807, 2.05) is 6.92 Å². The molecule has 2 rings (SSSR count). The van der Waals surface area contributed by atoms with Crippen LogP contribution in [0.3, 0.4) is 0 Å². The molecule has 7 heteroatoms. The molecule has 0 saturated heterocycles. The molecule has 118 valence electrons. The standard InChI is InChI=1S/C14H23N3O3S/c1-2-7-15-14-11-13(6-8-16-14)21(19,20)17(9-10-18)12-4-3-5-12/h6,8,11-12,18H,2-5,7,9-10H2,1H3,(H,15,16). The molecule has 1 saturated carbocycles. The van der Waals surface area contributed by atoms with E-state index in [4.69, 9.17) is 5.11 Å². The molecule has 0 aliphatic heterocycles. The van der Waals surface area contributed by atoms with Crippen LogP contribution in [0.4, 0.5) is 5.82 Å². The van der Waals surface area contributed by atoms with Crippen LogP contribution in [0, 0.1) is 0 Å². The van der Waals surface area contributed by atoms with Gasteiger partial charge in [-0.3, -0.25) is 0 Å². The summed E-state index contributed by atoms with van der Waals surface area (Å²) in [5, 5.41) is 12.2. The maximum Gasteiger partial charge on any atom is 0.243 e. The van der Waals surface area contributed by atoms with Crippen molar-refractivity contribution in [3.8, 4) is 0 Å². The molecular formula is C14H23N3O3S. The monoisotopic (exact) mass is 313 g/mol. The van der Waals surface area contributed by atoms with Gasteiger partial charge in [0.05, 0.1) is 11.5 Å². The number of pyridine rings is 1. The van der Waals surface area contributed by atoms with E-state index in [0.717, 1.165) is 32.2 Å². The Labute approximate surface area is 126 Å². The van der Waals surface area contributed by atoms with Crippen LogP contribution in [0.25, 0.3) is 0 Å². The van der Waals surface area contributed by atoms with Crippen LogP contribution >= 0.6 is 0 Å². The van der Waals surface area contributed by atoms with Crippen LogP contribution in [-0.2, 0) is 10.0 Å². The van der Waals surface area contributed by atoms with Crippen LogP contribution in [-0.4, -0.2) is 48.6 Å². The molecule has 0 spiro atoms. The third-order valence-electron chi connectivity index (χ3n) is 3.70. The number of nitrogens with one attached hydrogen (secondary N) is 1. The number of aliphatic hydroxyl groups excluding tert-OH is 1. The third-order valence-corrected chi connectivity index (χ3v) is 5.64. The van der Waals surface area contributed by atoms with Gasteiger partial charge in [-0.25, -0.2) is 13.4 Å². The van der Waals surface area contributed by atoms with Crippen LogP contribution in [0.2, 0.25) is 0 Å². The lowest BCUT2D eigenvalue weighted by atomic mass is 9.93. The summed E-state index contributed by atoms with van der Waals surface area (Å²) in [5.41, 5.74) is 0. The third kappa shape index (κ3) is 3.72. The molecule has 1 aromatic rings. The highest BCUT2D eigenvalue weighted by Crippen LogP contribution is 2.30. The SMILES string of the molecule is CCCNc1cc(S(=O)(=O)N(CCO)C2CCC2)ccn1. The van der Waals surface area contributed by atoms with Crippen molar-refractivity contribution in [3.05, 3.63) is 18.3 Å². The fraction of sp³-hybridized carbons (Fsp3) is 0.643. The zero-order valence-electron chi connectivity index (χ0n) is 12.3. The first kappa shape index (κ1) is 16.2. The van der Waals surface area contributed by atoms with Gasteiger partial charge in [0.15, 0.2) is 0 Å². The normalized spacial score (nSPS) is 16.0. The lowest BCUT2D eigenvalue weighted by Gasteiger charge is -2.36. The molecule has 1 aliphatic carbocycles. The summed E-state index contributed by atoms with van der Waals surface area (Å²) in [6.45, 7) is 2.77. The lowest BCUT2D eigenvalue weighted by Crippen LogP contribution is -2.45. The van der Waals surface area contributed by atoms with Crippen molar-refractivity contribution in [2.24, 2.45) is 0 Å². The Kier molecular flexibility index (Phi) is 5.55. The smallest absolute Gasteiger partial charge is 0.243 e. The molecule has 0 radical (unpaired) electrons. The Hall–Kier alpha value is -1.18. The summed E-state index contributed by atoms with van der Waals surface area (Å²) in [5.74, 6) is 0.565. The molecule has 6 nitrogen and oxygen atoms in total. The van der Waals surface area contributed by atoms with Crippen molar-refractivity contribution in [3.63, 3.8) is 0 Å². The van der Waals surface area contributed by atoms with Crippen LogP contribution in [0.1, 0.15) is 32.6 Å². The largest absolute Gasteiger partial charge is 0.395 e. The van der Waals surface area contributed by atoms with E-state index in [9.17, 15) is 8.42 Å². The number of anilines is 1. The Morgan fingerprint density at radius 2 is 2.24 bits per heavy atom. The van der Waals surface area contributed by atoms with Gasteiger partial charge in [-0.05, 0) is 25.3 Å². The van der Waals surface area contributed by atoms with E-state index in [0.29, 0.717) is 5.82 Å². The second-order valence-corrected chi connectivity index (χ2v) is 7.12. The average Bonchev–Trinajstić information content (AvgIpc) is 2.43. The van der Waals surface area contributed by atoms with E-state index in [1.54, 1.807) is 6.07 Å². The van der Waals surface area contributed by atoms with Crippen LogP contribution < -0.4 is 5.32 Å². The van der Waals surface area contributed by atoms with Crippen molar-refractivity contribution in [2.45, 2.75) is 43.5 Å². The predicted octanol–water partition coefficient (Wildman–Crippen LogP) is 1.44. The molecule has 2 N–H and O–H groups in total. The predicted molar refractivity (Wildman–Crippen MR) is 81.6 cm³/mol. The van der Waals surface area contributed by atoms with Crippen LogP contribution in [0.15, 0.2) is 23.2 Å². The highest BCUT2D eigenvalue weighted by Gasteiger charge is 2.34. The summed E-state index contributed by atoms with van der Waals surface area (Å²) in [6.07, 6.45) is 5.22. The molecule has 21 heavy (non-hydrogen) atoms. The molecule has 0 bridgehead atoms. The quantitative estimate of drug-likeness (QED) is 0.759. The van der Waals surface area contributed by atoms with Gasteiger partial charge < -0.3 is 10.4 Å². The lowest BCUT2D eigenvalue weighted by molar-refractivity contribution is 0.178. The van der Waals surface area contributed by atoms with Gasteiger partial charge in [0, 0.05) is 31.4 Å². The second kappa shape index (κ2) is 7.20. The minimum Gasteiger partial charge on any atom is -0.395 e. The minimum absolute atomic E-state index is 0.0161. The van der Waals surface area contributed by atoms with Gasteiger partial charge in [0.1, 0.15) is 5.82 Å². The van der Waals surface area contributed by atoms with E-state index in [2.05, 4.69) is 10.3 Å². The summed E-state index contributed by atoms with van der Waals surface area (Å²) >= 11 is 0. The number of sulfonamides is 1. The molecule has 1 aliphatic rings. The Morgan fingerprint density at radius 3 is 2.81 bits per heavy atom. The minimum atomic E-state index is -3.58. The topological polar surface area (TPSA) is 82.5 Å². The summed E-state index contributed by atoms with van der Waals surface area (Å²) < 4.78 is 26.9. The molecule has 0 atom stereocenters. The van der Waals surface area contributed by atoms with E-state index in [-0.39, 0.29) is 24.1 Å². The number of rotatable bonds is 8. The van der Waals surface area contributed by atoms with Gasteiger partial charge in [-0.2, -0.15) is 4.31 Å². The maximum atomic E-state index is 12.7. The summed E-state index contributed by atoms with van der Waals surface area (Å²) in [6, 6.07) is 3.09.